The lowest BCUT2D eigenvalue weighted by molar-refractivity contribution is -0.388. The third-order valence-electron chi connectivity index (χ3n) is 4.12. The summed E-state index contributed by atoms with van der Waals surface area (Å²) >= 11 is 0.809. The van der Waals surface area contributed by atoms with E-state index in [1.807, 2.05) is 0 Å². The van der Waals surface area contributed by atoms with Crippen molar-refractivity contribution in [2.45, 2.75) is 40.4 Å². The van der Waals surface area contributed by atoms with Crippen LogP contribution in [0.3, 0.4) is 0 Å². The molecule has 31 heavy (non-hydrogen) atoms. The number of ether oxygens (including phenoxy) is 1. The van der Waals surface area contributed by atoms with Gasteiger partial charge in [0.25, 0.3) is 0 Å². The number of esters is 1. The summed E-state index contributed by atoms with van der Waals surface area (Å²) in [5.74, 6) is -2.05. The Morgan fingerprint density at radius 2 is 1.90 bits per heavy atom. The van der Waals surface area contributed by atoms with Gasteiger partial charge in [0.1, 0.15) is 17.2 Å². The third kappa shape index (κ3) is 4.90. The van der Waals surface area contributed by atoms with E-state index in [0.29, 0.717) is 4.68 Å². The van der Waals surface area contributed by atoms with Gasteiger partial charge in [0.05, 0.1) is 22.0 Å². The first-order valence-electron chi connectivity index (χ1n) is 8.69. The molecule has 0 radical (unpaired) electrons. The van der Waals surface area contributed by atoms with Crippen LogP contribution in [0, 0.1) is 24.0 Å². The predicted molar refractivity (Wildman–Crippen MR) is 102 cm³/mol. The lowest BCUT2D eigenvalue weighted by Gasteiger charge is -2.08. The zero-order valence-electron chi connectivity index (χ0n) is 16.7. The largest absolute Gasteiger partial charge is 0.462 e. The summed E-state index contributed by atoms with van der Waals surface area (Å²) in [6.07, 6.45) is -5.09. The minimum Gasteiger partial charge on any atom is -0.462 e. The first-order chi connectivity index (χ1) is 14.3. The number of Topliss-reactive ketones (excluding diaryl/α,β-unsaturated/α-hetero) is 1. The Hall–Kier alpha value is -3.29. The van der Waals surface area contributed by atoms with Crippen LogP contribution in [0.5, 0.6) is 0 Å². The SMILES string of the molecule is CCOC(=O)c1c(NC(=O)Cn2nc(C(F)(F)F)c([N+](=O)[O-])c2C)sc(C(C)=O)c1C. The van der Waals surface area contributed by atoms with Crippen LogP contribution in [0.25, 0.3) is 0 Å². The smallest absolute Gasteiger partial charge is 0.442 e. The highest BCUT2D eigenvalue weighted by molar-refractivity contribution is 7.18. The van der Waals surface area contributed by atoms with Crippen LogP contribution in [0.1, 0.15) is 50.8 Å². The highest BCUT2D eigenvalue weighted by Crippen LogP contribution is 2.37. The van der Waals surface area contributed by atoms with Crippen LogP contribution in [-0.2, 0) is 22.3 Å². The van der Waals surface area contributed by atoms with E-state index in [2.05, 4.69) is 10.4 Å². The van der Waals surface area contributed by atoms with Crippen LogP contribution in [0.15, 0.2) is 0 Å². The highest BCUT2D eigenvalue weighted by Gasteiger charge is 2.44. The molecule has 0 bridgehead atoms. The first kappa shape index (κ1) is 24.0. The molecule has 14 heteroatoms. The standard InChI is InChI=1S/C17H17F3N4O6S/c1-5-30-16(27)11-7(2)13(9(4)25)31-15(11)21-10(26)6-23-8(3)12(24(28)29)14(22-23)17(18,19)20/h5-6H2,1-4H3,(H,21,26). The summed E-state index contributed by atoms with van der Waals surface area (Å²) in [5.41, 5.74) is -3.20. The van der Waals surface area contributed by atoms with Crippen molar-refractivity contribution in [3.05, 3.63) is 37.5 Å². The van der Waals surface area contributed by atoms with Gasteiger partial charge in [-0.1, -0.05) is 0 Å². The normalized spacial score (nSPS) is 11.3. The Bertz CT molecular complexity index is 1070. The number of nitrogens with one attached hydrogen (secondary N) is 1. The molecule has 2 rings (SSSR count). The van der Waals surface area contributed by atoms with Crippen LogP contribution in [0.4, 0.5) is 23.9 Å². The van der Waals surface area contributed by atoms with Crippen molar-refractivity contribution < 1.29 is 37.2 Å². The maximum absolute atomic E-state index is 13.1. The van der Waals surface area contributed by atoms with E-state index in [0.717, 1.165) is 18.3 Å². The van der Waals surface area contributed by atoms with Gasteiger partial charge in [0, 0.05) is 0 Å². The minimum absolute atomic E-state index is 0.0264. The van der Waals surface area contributed by atoms with E-state index in [4.69, 9.17) is 4.74 Å². The monoisotopic (exact) mass is 462 g/mol. The molecular weight excluding hydrogens is 445 g/mol. The van der Waals surface area contributed by atoms with E-state index >= 15 is 0 Å². The Labute approximate surface area is 177 Å². The number of amides is 1. The quantitative estimate of drug-likeness (QED) is 0.288. The van der Waals surface area contributed by atoms with Gasteiger partial charge in [0.2, 0.25) is 11.6 Å². The molecule has 2 heterocycles. The molecule has 0 aliphatic carbocycles. The van der Waals surface area contributed by atoms with Crippen molar-refractivity contribution in [2.24, 2.45) is 0 Å². The van der Waals surface area contributed by atoms with Gasteiger partial charge in [-0.25, -0.2) is 4.79 Å². The number of hydrogen-bond donors (Lipinski definition) is 1. The summed E-state index contributed by atoms with van der Waals surface area (Å²) in [6.45, 7) is 4.59. The molecule has 0 aromatic carbocycles. The van der Waals surface area contributed by atoms with Gasteiger partial charge < -0.3 is 10.1 Å². The van der Waals surface area contributed by atoms with Crippen molar-refractivity contribution in [3.8, 4) is 0 Å². The number of nitrogens with zero attached hydrogens (tertiary/aromatic N) is 3. The predicted octanol–water partition coefficient (Wildman–Crippen LogP) is 3.51. The number of alkyl halides is 3. The van der Waals surface area contributed by atoms with E-state index in [-0.39, 0.29) is 33.4 Å². The van der Waals surface area contributed by atoms with E-state index < -0.39 is 46.6 Å². The number of rotatable bonds is 7. The number of aromatic nitrogens is 2. The summed E-state index contributed by atoms with van der Waals surface area (Å²) < 4.78 is 44.7. The molecular formula is C17H17F3N4O6S. The first-order valence-corrected chi connectivity index (χ1v) is 9.51. The molecule has 2 aromatic rings. The van der Waals surface area contributed by atoms with Gasteiger partial charge in [-0.3, -0.25) is 24.4 Å². The average molecular weight is 462 g/mol. The van der Waals surface area contributed by atoms with E-state index in [1.165, 1.54) is 13.8 Å². The maximum Gasteiger partial charge on any atom is 0.442 e. The molecule has 168 valence electrons. The second kappa shape index (κ2) is 8.83. The molecule has 1 N–H and O–H groups in total. The van der Waals surface area contributed by atoms with Crippen LogP contribution in [0.2, 0.25) is 0 Å². The lowest BCUT2D eigenvalue weighted by atomic mass is 10.1. The zero-order chi connectivity index (χ0) is 23.7. The molecule has 0 fully saturated rings. The number of nitro groups is 1. The van der Waals surface area contributed by atoms with Gasteiger partial charge in [-0.15, -0.1) is 11.3 Å². The Balaban J connectivity index is 2.40. The topological polar surface area (TPSA) is 133 Å². The summed E-state index contributed by atoms with van der Waals surface area (Å²) in [7, 11) is 0. The van der Waals surface area contributed by atoms with Crippen molar-refractivity contribution in [2.75, 3.05) is 11.9 Å². The lowest BCUT2D eigenvalue weighted by Crippen LogP contribution is -2.21. The number of ketones is 1. The molecule has 0 saturated carbocycles. The Morgan fingerprint density at radius 3 is 2.35 bits per heavy atom. The number of hydrogen-bond acceptors (Lipinski definition) is 8. The fourth-order valence-corrected chi connectivity index (χ4v) is 3.90. The van der Waals surface area contributed by atoms with E-state index in [9.17, 15) is 37.7 Å². The van der Waals surface area contributed by atoms with Gasteiger partial charge >= 0.3 is 17.8 Å². The molecule has 0 atom stereocenters. The second-order valence-electron chi connectivity index (χ2n) is 6.28. The van der Waals surface area contributed by atoms with Crippen molar-refractivity contribution in [1.29, 1.82) is 0 Å². The maximum atomic E-state index is 13.1. The fourth-order valence-electron chi connectivity index (χ4n) is 2.79. The molecule has 0 aliphatic heterocycles. The van der Waals surface area contributed by atoms with E-state index in [1.54, 1.807) is 6.92 Å². The summed E-state index contributed by atoms with van der Waals surface area (Å²) in [5, 5.41) is 16.5. The minimum atomic E-state index is -5.09. The number of carbonyl (C=O) groups is 3. The molecule has 10 nitrogen and oxygen atoms in total. The summed E-state index contributed by atoms with van der Waals surface area (Å²) in [6, 6.07) is 0. The highest BCUT2D eigenvalue weighted by atomic mass is 32.1. The number of thiophene rings is 1. The van der Waals surface area contributed by atoms with Gasteiger partial charge in [-0.05, 0) is 33.3 Å². The molecule has 0 aliphatic rings. The van der Waals surface area contributed by atoms with Crippen molar-refractivity contribution in [1.82, 2.24) is 9.78 Å². The van der Waals surface area contributed by atoms with Crippen LogP contribution < -0.4 is 5.32 Å². The van der Waals surface area contributed by atoms with Crippen LogP contribution in [-0.4, -0.2) is 39.0 Å². The summed E-state index contributed by atoms with van der Waals surface area (Å²) in [4.78, 5) is 46.5. The van der Waals surface area contributed by atoms with Crippen molar-refractivity contribution in [3.63, 3.8) is 0 Å². The molecule has 0 unspecified atom stereocenters. The third-order valence-corrected chi connectivity index (χ3v) is 5.43. The number of halogens is 3. The fraction of sp³-hybridized carbons (Fsp3) is 0.412. The molecule has 0 saturated heterocycles. The van der Waals surface area contributed by atoms with Crippen molar-refractivity contribution >= 4 is 39.7 Å². The van der Waals surface area contributed by atoms with Gasteiger partial charge in [0.15, 0.2) is 5.78 Å². The zero-order valence-corrected chi connectivity index (χ0v) is 17.6. The second-order valence-corrected chi connectivity index (χ2v) is 7.30. The Morgan fingerprint density at radius 1 is 1.29 bits per heavy atom. The average Bonchev–Trinajstić information content (AvgIpc) is 3.12. The molecule has 2 aromatic heterocycles. The van der Waals surface area contributed by atoms with Gasteiger partial charge in [-0.2, -0.15) is 18.3 Å². The Kier molecular flexibility index (Phi) is 6.83. The molecule has 1 amide bonds. The number of carbonyl (C=O) groups excluding carboxylic acids is 3. The van der Waals surface area contributed by atoms with Crippen LogP contribution >= 0.6 is 11.3 Å². The number of anilines is 1. The molecule has 0 spiro atoms.